The van der Waals surface area contributed by atoms with E-state index < -0.39 is 0 Å². The molecule has 2 aromatic rings. The fourth-order valence-corrected chi connectivity index (χ4v) is 2.76. The van der Waals surface area contributed by atoms with Gasteiger partial charge in [0.05, 0.1) is 6.04 Å². The number of halogens is 1. The standard InChI is InChI=1S/C17H17N5.ClH/c18-17-15-4-2-1-3-14(15)11-16(21-17)13-7-5-12(6-8-13)9-10-20-22-19;/h1-8,16H,9-11H2,(H2,18,21);1H. The van der Waals surface area contributed by atoms with E-state index in [1.54, 1.807) is 0 Å². The van der Waals surface area contributed by atoms with Gasteiger partial charge in [0.25, 0.3) is 0 Å². The Hall–Kier alpha value is -2.49. The highest BCUT2D eigenvalue weighted by molar-refractivity contribution is 5.99. The van der Waals surface area contributed by atoms with Gasteiger partial charge >= 0.3 is 0 Å². The molecule has 0 amide bonds. The van der Waals surface area contributed by atoms with Crippen LogP contribution < -0.4 is 5.73 Å². The summed E-state index contributed by atoms with van der Waals surface area (Å²) < 4.78 is 0. The molecule has 2 aromatic carbocycles. The predicted octanol–water partition coefficient (Wildman–Crippen LogP) is 3.96. The van der Waals surface area contributed by atoms with Crippen LogP contribution in [-0.4, -0.2) is 12.4 Å². The van der Waals surface area contributed by atoms with Crippen molar-refractivity contribution >= 4 is 18.2 Å². The van der Waals surface area contributed by atoms with Crippen molar-refractivity contribution in [2.45, 2.75) is 18.9 Å². The molecule has 0 fully saturated rings. The average molecular weight is 328 g/mol. The lowest BCUT2D eigenvalue weighted by molar-refractivity contribution is 0.709. The van der Waals surface area contributed by atoms with Crippen molar-refractivity contribution < 1.29 is 0 Å². The minimum atomic E-state index is 0. The highest BCUT2D eigenvalue weighted by Gasteiger charge is 2.20. The molecule has 0 saturated carbocycles. The van der Waals surface area contributed by atoms with E-state index in [2.05, 4.69) is 45.4 Å². The van der Waals surface area contributed by atoms with E-state index in [9.17, 15) is 0 Å². The van der Waals surface area contributed by atoms with Crippen molar-refractivity contribution in [1.82, 2.24) is 0 Å². The largest absolute Gasteiger partial charge is 0.383 e. The number of rotatable bonds is 4. The van der Waals surface area contributed by atoms with Crippen LogP contribution in [-0.2, 0) is 12.8 Å². The molecule has 1 aliphatic rings. The highest BCUT2D eigenvalue weighted by atomic mass is 35.5. The number of fused-ring (bicyclic) bond motifs is 1. The van der Waals surface area contributed by atoms with E-state index in [4.69, 9.17) is 11.3 Å². The zero-order chi connectivity index (χ0) is 15.4. The third kappa shape index (κ3) is 3.83. The zero-order valence-electron chi connectivity index (χ0n) is 12.6. The van der Waals surface area contributed by atoms with Crippen LogP contribution in [0.2, 0.25) is 0 Å². The molecule has 0 radical (unpaired) electrons. The highest BCUT2D eigenvalue weighted by Crippen LogP contribution is 2.28. The molecular weight excluding hydrogens is 310 g/mol. The second kappa shape index (κ2) is 7.68. The van der Waals surface area contributed by atoms with Gasteiger partial charge in [-0.05, 0) is 35.1 Å². The van der Waals surface area contributed by atoms with Crippen molar-refractivity contribution in [2.24, 2.45) is 15.8 Å². The van der Waals surface area contributed by atoms with Gasteiger partial charge in [0.15, 0.2) is 0 Å². The number of hydrogen-bond donors (Lipinski definition) is 1. The first-order valence-electron chi connectivity index (χ1n) is 7.29. The van der Waals surface area contributed by atoms with E-state index in [1.165, 1.54) is 5.56 Å². The maximum absolute atomic E-state index is 8.30. The fraction of sp³-hybridized carbons (Fsp3) is 0.235. The normalized spacial score (nSPS) is 15.7. The Morgan fingerprint density at radius 3 is 2.65 bits per heavy atom. The average Bonchev–Trinajstić information content (AvgIpc) is 2.56. The summed E-state index contributed by atoms with van der Waals surface area (Å²) in [6, 6.07) is 16.5. The lowest BCUT2D eigenvalue weighted by Gasteiger charge is -2.22. The van der Waals surface area contributed by atoms with Gasteiger partial charge in [-0.25, -0.2) is 0 Å². The van der Waals surface area contributed by atoms with Crippen LogP contribution in [0, 0.1) is 0 Å². The lowest BCUT2D eigenvalue weighted by Crippen LogP contribution is -2.22. The van der Waals surface area contributed by atoms with Gasteiger partial charge in [0.2, 0.25) is 0 Å². The number of nitrogens with two attached hydrogens (primary N) is 1. The van der Waals surface area contributed by atoms with Crippen molar-refractivity contribution in [3.63, 3.8) is 0 Å². The van der Waals surface area contributed by atoms with Crippen molar-refractivity contribution in [1.29, 1.82) is 0 Å². The van der Waals surface area contributed by atoms with Crippen molar-refractivity contribution in [2.75, 3.05) is 6.54 Å². The summed E-state index contributed by atoms with van der Waals surface area (Å²) in [7, 11) is 0. The van der Waals surface area contributed by atoms with E-state index in [0.717, 1.165) is 29.5 Å². The van der Waals surface area contributed by atoms with E-state index in [-0.39, 0.29) is 18.4 Å². The third-order valence-electron chi connectivity index (χ3n) is 3.93. The maximum Gasteiger partial charge on any atom is 0.126 e. The smallest absolute Gasteiger partial charge is 0.126 e. The fourth-order valence-electron chi connectivity index (χ4n) is 2.76. The Morgan fingerprint density at radius 1 is 1.17 bits per heavy atom. The van der Waals surface area contributed by atoms with Crippen LogP contribution in [0.1, 0.15) is 28.3 Å². The predicted molar refractivity (Wildman–Crippen MR) is 95.0 cm³/mol. The van der Waals surface area contributed by atoms with Crippen LogP contribution in [0.25, 0.3) is 10.4 Å². The Morgan fingerprint density at radius 2 is 1.91 bits per heavy atom. The van der Waals surface area contributed by atoms with Gasteiger partial charge in [-0.1, -0.05) is 53.6 Å². The number of azide groups is 1. The summed E-state index contributed by atoms with van der Waals surface area (Å²) in [5.41, 5.74) is 19.0. The minimum absolute atomic E-state index is 0. The molecule has 2 N–H and O–H groups in total. The minimum Gasteiger partial charge on any atom is -0.383 e. The summed E-state index contributed by atoms with van der Waals surface area (Å²) in [4.78, 5) is 7.39. The molecule has 0 saturated heterocycles. The number of hydrogen-bond acceptors (Lipinski definition) is 3. The Kier molecular flexibility index (Phi) is 5.63. The quantitative estimate of drug-likeness (QED) is 0.514. The van der Waals surface area contributed by atoms with Gasteiger partial charge in [0.1, 0.15) is 5.84 Å². The van der Waals surface area contributed by atoms with Crippen LogP contribution in [0.15, 0.2) is 58.6 Å². The van der Waals surface area contributed by atoms with Crippen LogP contribution in [0.5, 0.6) is 0 Å². The van der Waals surface area contributed by atoms with Crippen molar-refractivity contribution in [3.8, 4) is 0 Å². The first-order valence-corrected chi connectivity index (χ1v) is 7.29. The summed E-state index contributed by atoms with van der Waals surface area (Å²) >= 11 is 0. The first kappa shape index (κ1) is 16.9. The van der Waals surface area contributed by atoms with Crippen LogP contribution >= 0.6 is 12.4 Å². The number of nitrogens with zero attached hydrogens (tertiary/aromatic N) is 4. The molecule has 0 bridgehead atoms. The molecule has 1 aliphatic heterocycles. The molecule has 6 heteroatoms. The number of benzene rings is 2. The van der Waals surface area contributed by atoms with Crippen LogP contribution in [0.4, 0.5) is 0 Å². The van der Waals surface area contributed by atoms with Crippen molar-refractivity contribution in [3.05, 3.63) is 81.2 Å². The topological polar surface area (TPSA) is 87.1 Å². The zero-order valence-corrected chi connectivity index (χ0v) is 13.4. The molecule has 0 aliphatic carbocycles. The SMILES string of the molecule is Cl.[N-]=[N+]=NCCc1ccc(C2Cc3ccccc3C(N)=N2)cc1. The summed E-state index contributed by atoms with van der Waals surface area (Å²) in [5.74, 6) is 0.610. The monoisotopic (exact) mass is 327 g/mol. The van der Waals surface area contributed by atoms with Gasteiger partial charge in [0, 0.05) is 17.0 Å². The molecule has 23 heavy (non-hydrogen) atoms. The van der Waals surface area contributed by atoms with E-state index in [0.29, 0.717) is 12.4 Å². The van der Waals surface area contributed by atoms with Gasteiger partial charge in [-0.3, -0.25) is 4.99 Å². The molecule has 1 atom stereocenters. The third-order valence-corrected chi connectivity index (χ3v) is 3.93. The maximum atomic E-state index is 8.30. The first-order chi connectivity index (χ1) is 10.8. The molecular formula is C17H18ClN5. The van der Waals surface area contributed by atoms with Gasteiger partial charge in [-0.2, -0.15) is 0 Å². The molecule has 0 spiro atoms. The number of amidine groups is 1. The summed E-state index contributed by atoms with van der Waals surface area (Å²) in [6.45, 7) is 0.484. The van der Waals surface area contributed by atoms with Gasteiger partial charge in [-0.15, -0.1) is 12.4 Å². The Bertz CT molecular complexity index is 748. The second-order valence-corrected chi connectivity index (χ2v) is 5.34. The summed E-state index contributed by atoms with van der Waals surface area (Å²) in [5, 5.41) is 3.56. The molecule has 118 valence electrons. The summed E-state index contributed by atoms with van der Waals surface area (Å²) in [6.07, 6.45) is 1.62. The molecule has 0 aromatic heterocycles. The molecule has 1 heterocycles. The Balaban J connectivity index is 0.00000192. The van der Waals surface area contributed by atoms with Gasteiger partial charge < -0.3 is 5.73 Å². The molecule has 1 unspecified atom stereocenters. The molecule has 3 rings (SSSR count). The lowest BCUT2D eigenvalue weighted by atomic mass is 9.92. The van der Waals surface area contributed by atoms with E-state index in [1.807, 2.05) is 18.2 Å². The molecule has 5 nitrogen and oxygen atoms in total. The Labute approximate surface area is 141 Å². The van der Waals surface area contributed by atoms with Crippen LogP contribution in [0.3, 0.4) is 0 Å². The second-order valence-electron chi connectivity index (χ2n) is 5.34. The van der Waals surface area contributed by atoms with E-state index >= 15 is 0 Å². The number of aliphatic imine (C=N–C) groups is 1.